The molecular weight excluding hydrogens is 374 g/mol. The number of anilines is 1. The molecular formula is C21H19N3O3S. The number of ether oxygens (including phenoxy) is 1. The second-order valence-corrected chi connectivity index (χ2v) is 8.64. The number of nitrogens with zero attached hydrogens (tertiary/aromatic N) is 2. The molecule has 28 heavy (non-hydrogen) atoms. The SMILES string of the molecule is CCc1ccc(C2C(C#N)=C(N)OC3=C2S(=O)(=O)N(C)c2ccccc23)cc1. The van der Waals surface area contributed by atoms with Crippen molar-refractivity contribution in [2.75, 3.05) is 11.4 Å². The summed E-state index contributed by atoms with van der Waals surface area (Å²) < 4.78 is 33.7. The molecule has 2 aliphatic heterocycles. The Bertz CT molecular complexity index is 1170. The molecule has 2 aromatic rings. The first-order chi connectivity index (χ1) is 13.4. The molecule has 1 atom stereocenters. The number of nitriles is 1. The first-order valence-electron chi connectivity index (χ1n) is 8.89. The lowest BCUT2D eigenvalue weighted by Crippen LogP contribution is -2.37. The Balaban J connectivity index is 2.03. The highest BCUT2D eigenvalue weighted by atomic mass is 32.2. The Morgan fingerprint density at radius 3 is 2.50 bits per heavy atom. The summed E-state index contributed by atoms with van der Waals surface area (Å²) in [6.45, 7) is 2.04. The maximum Gasteiger partial charge on any atom is 0.264 e. The molecule has 4 rings (SSSR count). The largest absolute Gasteiger partial charge is 0.439 e. The summed E-state index contributed by atoms with van der Waals surface area (Å²) in [6, 6.07) is 16.7. The van der Waals surface area contributed by atoms with Crippen molar-refractivity contribution in [3.63, 3.8) is 0 Å². The normalized spacial score (nSPS) is 20.2. The molecule has 142 valence electrons. The zero-order valence-corrected chi connectivity index (χ0v) is 16.3. The van der Waals surface area contributed by atoms with E-state index in [1.807, 2.05) is 37.3 Å². The highest BCUT2D eigenvalue weighted by Crippen LogP contribution is 2.50. The van der Waals surface area contributed by atoms with Crippen LogP contribution in [0, 0.1) is 11.3 Å². The summed E-state index contributed by atoms with van der Waals surface area (Å²) >= 11 is 0. The van der Waals surface area contributed by atoms with Crippen LogP contribution in [0.2, 0.25) is 0 Å². The Hall–Kier alpha value is -3.24. The summed E-state index contributed by atoms with van der Waals surface area (Å²) in [4.78, 5) is 0.0451. The Morgan fingerprint density at radius 2 is 1.86 bits per heavy atom. The summed E-state index contributed by atoms with van der Waals surface area (Å²) in [6.07, 6.45) is 0.861. The average Bonchev–Trinajstić information content (AvgIpc) is 2.71. The van der Waals surface area contributed by atoms with E-state index in [4.69, 9.17) is 10.5 Å². The maximum absolute atomic E-state index is 13.4. The minimum atomic E-state index is -3.91. The van der Waals surface area contributed by atoms with E-state index in [-0.39, 0.29) is 22.1 Å². The van der Waals surface area contributed by atoms with Crippen LogP contribution in [0.15, 0.2) is 64.9 Å². The quantitative estimate of drug-likeness (QED) is 0.845. The van der Waals surface area contributed by atoms with Crippen LogP contribution < -0.4 is 10.0 Å². The third kappa shape index (κ3) is 2.49. The number of aryl methyl sites for hydroxylation is 1. The van der Waals surface area contributed by atoms with Crippen LogP contribution in [0.4, 0.5) is 5.69 Å². The van der Waals surface area contributed by atoms with Gasteiger partial charge >= 0.3 is 0 Å². The number of allylic oxidation sites excluding steroid dienone is 2. The third-order valence-corrected chi connectivity index (χ3v) is 7.11. The van der Waals surface area contributed by atoms with E-state index < -0.39 is 15.9 Å². The van der Waals surface area contributed by atoms with Gasteiger partial charge in [-0.2, -0.15) is 5.26 Å². The van der Waals surface area contributed by atoms with E-state index in [1.165, 1.54) is 11.4 Å². The van der Waals surface area contributed by atoms with E-state index in [0.29, 0.717) is 16.8 Å². The minimum Gasteiger partial charge on any atom is -0.439 e. The average molecular weight is 393 g/mol. The standard InChI is InChI=1S/C21H19N3O3S/c1-3-13-8-10-14(11-9-13)18-16(12-22)21(23)27-19-15-6-4-5-7-17(15)24(2)28(25,26)20(18)19/h4-11,18H,3,23H2,1-2H3. The second-order valence-electron chi connectivity index (χ2n) is 6.70. The zero-order chi connectivity index (χ0) is 20.1. The summed E-state index contributed by atoms with van der Waals surface area (Å²) in [5.41, 5.74) is 9.09. The number of sulfonamides is 1. The van der Waals surface area contributed by atoms with Gasteiger partial charge in [-0.1, -0.05) is 43.3 Å². The van der Waals surface area contributed by atoms with Crippen molar-refractivity contribution in [1.29, 1.82) is 5.26 Å². The van der Waals surface area contributed by atoms with Gasteiger partial charge in [-0.15, -0.1) is 0 Å². The van der Waals surface area contributed by atoms with Gasteiger partial charge in [0.15, 0.2) is 5.76 Å². The molecule has 0 bridgehead atoms. The molecule has 0 saturated carbocycles. The van der Waals surface area contributed by atoms with Crippen LogP contribution in [0.1, 0.15) is 29.5 Å². The number of hydrogen-bond donors (Lipinski definition) is 1. The number of fused-ring (bicyclic) bond motifs is 2. The van der Waals surface area contributed by atoms with Crippen molar-refractivity contribution in [2.45, 2.75) is 19.3 Å². The first-order valence-corrected chi connectivity index (χ1v) is 10.3. The minimum absolute atomic E-state index is 0.0451. The molecule has 0 radical (unpaired) electrons. The van der Waals surface area contributed by atoms with Gasteiger partial charge in [0.2, 0.25) is 5.88 Å². The topological polar surface area (TPSA) is 96.4 Å². The molecule has 2 aliphatic rings. The van der Waals surface area contributed by atoms with Gasteiger partial charge < -0.3 is 10.5 Å². The Kier molecular flexibility index (Phi) is 4.16. The van der Waals surface area contributed by atoms with Crippen LogP contribution in [-0.4, -0.2) is 15.5 Å². The number of benzene rings is 2. The van der Waals surface area contributed by atoms with Crippen LogP contribution in [0.25, 0.3) is 5.76 Å². The van der Waals surface area contributed by atoms with Gasteiger partial charge in [0.05, 0.1) is 11.6 Å². The van der Waals surface area contributed by atoms with E-state index in [9.17, 15) is 13.7 Å². The van der Waals surface area contributed by atoms with Crippen molar-refractivity contribution in [3.8, 4) is 6.07 Å². The van der Waals surface area contributed by atoms with Crippen molar-refractivity contribution >= 4 is 21.5 Å². The fourth-order valence-electron chi connectivity index (χ4n) is 3.67. The molecule has 0 aromatic heterocycles. The smallest absolute Gasteiger partial charge is 0.264 e. The van der Waals surface area contributed by atoms with Crippen LogP contribution in [-0.2, 0) is 21.2 Å². The monoisotopic (exact) mass is 393 g/mol. The lowest BCUT2D eigenvalue weighted by Gasteiger charge is -2.36. The highest BCUT2D eigenvalue weighted by molar-refractivity contribution is 7.96. The fourth-order valence-corrected chi connectivity index (χ4v) is 5.33. The van der Waals surface area contributed by atoms with Gasteiger partial charge in [0.1, 0.15) is 16.5 Å². The molecule has 1 unspecified atom stereocenters. The number of hydrogen-bond acceptors (Lipinski definition) is 5. The maximum atomic E-state index is 13.4. The summed E-state index contributed by atoms with van der Waals surface area (Å²) in [5, 5.41) is 9.72. The molecule has 0 fully saturated rings. The highest BCUT2D eigenvalue weighted by Gasteiger charge is 2.46. The van der Waals surface area contributed by atoms with E-state index >= 15 is 0 Å². The molecule has 2 N–H and O–H groups in total. The molecule has 0 amide bonds. The fraction of sp³-hybridized carbons (Fsp3) is 0.190. The number of para-hydroxylation sites is 1. The van der Waals surface area contributed by atoms with E-state index in [1.54, 1.807) is 18.2 Å². The molecule has 6 nitrogen and oxygen atoms in total. The zero-order valence-electron chi connectivity index (χ0n) is 15.5. The van der Waals surface area contributed by atoms with Crippen molar-refractivity contribution in [1.82, 2.24) is 0 Å². The van der Waals surface area contributed by atoms with Gasteiger partial charge in [0.25, 0.3) is 10.0 Å². The third-order valence-electron chi connectivity index (χ3n) is 5.22. The van der Waals surface area contributed by atoms with Crippen molar-refractivity contribution < 1.29 is 13.2 Å². The molecule has 2 aromatic carbocycles. The van der Waals surface area contributed by atoms with Gasteiger partial charge in [-0.05, 0) is 29.7 Å². The number of nitrogens with two attached hydrogens (primary N) is 1. The van der Waals surface area contributed by atoms with Gasteiger partial charge in [-0.25, -0.2) is 8.42 Å². The Morgan fingerprint density at radius 1 is 1.18 bits per heavy atom. The van der Waals surface area contributed by atoms with E-state index in [0.717, 1.165) is 12.0 Å². The van der Waals surface area contributed by atoms with Crippen molar-refractivity contribution in [3.05, 3.63) is 81.6 Å². The summed E-state index contributed by atoms with van der Waals surface area (Å²) in [5.74, 6) is -0.699. The molecule has 0 aliphatic carbocycles. The molecule has 2 heterocycles. The van der Waals surface area contributed by atoms with Gasteiger partial charge in [-0.3, -0.25) is 4.31 Å². The molecule has 7 heteroatoms. The predicted octanol–water partition coefficient (Wildman–Crippen LogP) is 3.21. The molecule has 0 spiro atoms. The number of rotatable bonds is 2. The van der Waals surface area contributed by atoms with E-state index in [2.05, 4.69) is 6.07 Å². The lowest BCUT2D eigenvalue weighted by molar-refractivity contribution is 0.357. The predicted molar refractivity (Wildman–Crippen MR) is 107 cm³/mol. The van der Waals surface area contributed by atoms with Crippen molar-refractivity contribution in [2.24, 2.45) is 5.73 Å². The molecule has 0 saturated heterocycles. The lowest BCUT2D eigenvalue weighted by atomic mass is 9.87. The van der Waals surface area contributed by atoms with Gasteiger partial charge in [0, 0.05) is 12.6 Å². The Labute approximate surface area is 164 Å². The first kappa shape index (κ1) is 18.1. The van der Waals surface area contributed by atoms with Crippen LogP contribution >= 0.6 is 0 Å². The summed E-state index contributed by atoms with van der Waals surface area (Å²) in [7, 11) is -2.41. The second kappa shape index (κ2) is 6.43. The van der Waals surface area contributed by atoms with Crippen LogP contribution in [0.3, 0.4) is 0 Å². The van der Waals surface area contributed by atoms with Crippen LogP contribution in [0.5, 0.6) is 0 Å².